The van der Waals surface area contributed by atoms with Gasteiger partial charge in [-0.1, -0.05) is 0 Å². The molecule has 3 N–H and O–H groups in total. The van der Waals surface area contributed by atoms with Gasteiger partial charge in [-0.05, 0) is 18.2 Å². The van der Waals surface area contributed by atoms with Crippen LogP contribution in [0.2, 0.25) is 0 Å². The summed E-state index contributed by atoms with van der Waals surface area (Å²) in [5, 5.41) is 3.07. The first-order chi connectivity index (χ1) is 8.89. The van der Waals surface area contributed by atoms with Gasteiger partial charge in [0.15, 0.2) is 0 Å². The van der Waals surface area contributed by atoms with Crippen molar-refractivity contribution in [3.05, 3.63) is 29.3 Å². The quantitative estimate of drug-likeness (QED) is 0.759. The number of halogens is 3. The summed E-state index contributed by atoms with van der Waals surface area (Å²) >= 11 is 0. The summed E-state index contributed by atoms with van der Waals surface area (Å²) in [6.07, 6.45) is -4.55. The molecule has 1 saturated heterocycles. The first-order valence-corrected chi connectivity index (χ1v) is 5.86. The third-order valence-electron chi connectivity index (χ3n) is 3.01. The first kappa shape index (κ1) is 13.7. The third-order valence-corrected chi connectivity index (χ3v) is 3.01. The largest absolute Gasteiger partial charge is 0.418 e. The molecule has 0 aliphatic carbocycles. The van der Waals surface area contributed by atoms with Gasteiger partial charge in [0, 0.05) is 37.4 Å². The Kier molecular flexibility index (Phi) is 3.66. The van der Waals surface area contributed by atoms with Gasteiger partial charge < -0.3 is 16.0 Å². The molecule has 2 rings (SSSR count). The van der Waals surface area contributed by atoms with Gasteiger partial charge in [0.25, 0.3) is 5.91 Å². The molecule has 1 aliphatic heterocycles. The molecule has 1 aliphatic rings. The van der Waals surface area contributed by atoms with Crippen LogP contribution in [-0.4, -0.2) is 37.0 Å². The Balaban J connectivity index is 2.27. The van der Waals surface area contributed by atoms with Gasteiger partial charge in [0.1, 0.15) is 0 Å². The van der Waals surface area contributed by atoms with Crippen LogP contribution in [0, 0.1) is 0 Å². The van der Waals surface area contributed by atoms with Crippen molar-refractivity contribution in [2.45, 2.75) is 6.18 Å². The number of anilines is 1. The topological polar surface area (TPSA) is 58.4 Å². The van der Waals surface area contributed by atoms with Crippen LogP contribution in [0.4, 0.5) is 18.9 Å². The molecule has 0 atom stereocenters. The van der Waals surface area contributed by atoms with Crippen LogP contribution in [-0.2, 0) is 6.18 Å². The number of nitrogens with two attached hydrogens (primary N) is 1. The number of carbonyl (C=O) groups excluding carboxylic acids is 1. The van der Waals surface area contributed by atoms with E-state index in [0.29, 0.717) is 26.2 Å². The summed E-state index contributed by atoms with van der Waals surface area (Å²) in [5.74, 6) is -0.396. The number of rotatable bonds is 1. The number of nitrogens with one attached hydrogen (secondary N) is 1. The number of hydrogen-bond acceptors (Lipinski definition) is 3. The molecule has 0 radical (unpaired) electrons. The molecule has 1 heterocycles. The second kappa shape index (κ2) is 5.08. The van der Waals surface area contributed by atoms with E-state index in [4.69, 9.17) is 5.73 Å². The molecule has 0 bridgehead atoms. The van der Waals surface area contributed by atoms with Gasteiger partial charge >= 0.3 is 6.18 Å². The third kappa shape index (κ3) is 2.98. The Morgan fingerprint density at radius 1 is 1.26 bits per heavy atom. The van der Waals surface area contributed by atoms with Crippen molar-refractivity contribution < 1.29 is 18.0 Å². The minimum absolute atomic E-state index is 0.0171. The number of nitrogen functional groups attached to an aromatic ring is 1. The molecular weight excluding hydrogens is 259 g/mol. The molecule has 0 aromatic heterocycles. The summed E-state index contributed by atoms with van der Waals surface area (Å²) < 4.78 is 38.2. The summed E-state index contributed by atoms with van der Waals surface area (Å²) in [7, 11) is 0. The number of amides is 1. The molecule has 7 heteroatoms. The highest BCUT2D eigenvalue weighted by Gasteiger charge is 2.34. The van der Waals surface area contributed by atoms with E-state index in [9.17, 15) is 18.0 Å². The lowest BCUT2D eigenvalue weighted by molar-refractivity contribution is -0.136. The zero-order chi connectivity index (χ0) is 14.0. The van der Waals surface area contributed by atoms with Crippen LogP contribution in [0.5, 0.6) is 0 Å². The van der Waals surface area contributed by atoms with Crippen molar-refractivity contribution in [3.8, 4) is 0 Å². The predicted octanol–water partition coefficient (Wildman–Crippen LogP) is 1.33. The minimum Gasteiger partial charge on any atom is -0.398 e. The van der Waals surface area contributed by atoms with Crippen LogP contribution in [0.25, 0.3) is 0 Å². The van der Waals surface area contributed by atoms with Gasteiger partial charge in [-0.15, -0.1) is 0 Å². The highest BCUT2D eigenvalue weighted by atomic mass is 19.4. The molecule has 4 nitrogen and oxygen atoms in total. The molecule has 1 fully saturated rings. The maximum absolute atomic E-state index is 12.7. The van der Waals surface area contributed by atoms with Crippen molar-refractivity contribution in [2.75, 3.05) is 31.9 Å². The minimum atomic E-state index is -4.55. The van der Waals surface area contributed by atoms with Crippen molar-refractivity contribution in [1.29, 1.82) is 0 Å². The number of hydrogen-bond donors (Lipinski definition) is 2. The maximum Gasteiger partial charge on any atom is 0.418 e. The summed E-state index contributed by atoms with van der Waals surface area (Å²) in [6, 6.07) is 3.27. The average molecular weight is 273 g/mol. The maximum atomic E-state index is 12.7. The molecular formula is C12H14F3N3O. The molecule has 1 amide bonds. The van der Waals surface area contributed by atoms with Crippen molar-refractivity contribution >= 4 is 11.6 Å². The van der Waals surface area contributed by atoms with Crippen LogP contribution in [0.1, 0.15) is 15.9 Å². The Hall–Kier alpha value is -1.76. The lowest BCUT2D eigenvalue weighted by Crippen LogP contribution is -2.46. The highest BCUT2D eigenvalue weighted by molar-refractivity contribution is 5.95. The van der Waals surface area contributed by atoms with Gasteiger partial charge in [0.05, 0.1) is 5.56 Å². The normalized spacial score (nSPS) is 16.5. The lowest BCUT2D eigenvalue weighted by Gasteiger charge is -2.27. The second-order valence-corrected chi connectivity index (χ2v) is 4.34. The van der Waals surface area contributed by atoms with Crippen molar-refractivity contribution in [3.63, 3.8) is 0 Å². The van der Waals surface area contributed by atoms with Gasteiger partial charge in [-0.3, -0.25) is 4.79 Å². The van der Waals surface area contributed by atoms with Crippen LogP contribution in [0.15, 0.2) is 18.2 Å². The van der Waals surface area contributed by atoms with Crippen molar-refractivity contribution in [1.82, 2.24) is 10.2 Å². The van der Waals surface area contributed by atoms with E-state index in [0.717, 1.165) is 12.1 Å². The average Bonchev–Trinajstić information content (AvgIpc) is 2.38. The number of carbonyl (C=O) groups is 1. The van der Waals surface area contributed by atoms with E-state index in [1.807, 2.05) is 0 Å². The van der Waals surface area contributed by atoms with Gasteiger partial charge in [-0.2, -0.15) is 13.2 Å². The summed E-state index contributed by atoms with van der Waals surface area (Å²) in [6.45, 7) is 2.27. The Labute approximate surface area is 108 Å². The molecule has 0 saturated carbocycles. The predicted molar refractivity (Wildman–Crippen MR) is 64.6 cm³/mol. The number of alkyl halides is 3. The van der Waals surface area contributed by atoms with Crippen LogP contribution >= 0.6 is 0 Å². The van der Waals surface area contributed by atoms with Gasteiger partial charge in [-0.25, -0.2) is 0 Å². The fourth-order valence-corrected chi connectivity index (χ4v) is 1.99. The molecule has 1 aromatic carbocycles. The van der Waals surface area contributed by atoms with E-state index in [-0.39, 0.29) is 11.3 Å². The summed E-state index contributed by atoms with van der Waals surface area (Å²) in [4.78, 5) is 13.6. The second-order valence-electron chi connectivity index (χ2n) is 4.34. The van der Waals surface area contributed by atoms with Crippen LogP contribution in [0.3, 0.4) is 0 Å². The Morgan fingerprint density at radius 3 is 2.47 bits per heavy atom. The van der Waals surface area contributed by atoms with E-state index in [1.54, 1.807) is 0 Å². The van der Waals surface area contributed by atoms with E-state index in [1.165, 1.54) is 11.0 Å². The fourth-order valence-electron chi connectivity index (χ4n) is 1.99. The highest BCUT2D eigenvalue weighted by Crippen LogP contribution is 2.34. The Morgan fingerprint density at radius 2 is 1.89 bits per heavy atom. The standard InChI is InChI=1S/C12H14F3N3O/c13-12(14,15)9-7-8(1-2-10(9)16)11(19)18-5-3-17-4-6-18/h1-2,7,17H,3-6,16H2. The zero-order valence-corrected chi connectivity index (χ0v) is 10.1. The van der Waals surface area contributed by atoms with E-state index < -0.39 is 17.6 Å². The van der Waals surface area contributed by atoms with Crippen molar-refractivity contribution in [2.24, 2.45) is 0 Å². The summed E-state index contributed by atoms with van der Waals surface area (Å²) in [5.41, 5.74) is 3.98. The zero-order valence-electron chi connectivity index (χ0n) is 10.1. The molecule has 0 unspecified atom stereocenters. The first-order valence-electron chi connectivity index (χ1n) is 5.86. The molecule has 19 heavy (non-hydrogen) atoms. The monoisotopic (exact) mass is 273 g/mol. The van der Waals surface area contributed by atoms with E-state index in [2.05, 4.69) is 5.32 Å². The number of nitrogens with zero attached hydrogens (tertiary/aromatic N) is 1. The smallest absolute Gasteiger partial charge is 0.398 e. The molecule has 104 valence electrons. The van der Waals surface area contributed by atoms with E-state index >= 15 is 0 Å². The fraction of sp³-hybridized carbons (Fsp3) is 0.417. The Bertz CT molecular complexity index is 482. The molecule has 1 aromatic rings. The molecule has 0 spiro atoms. The number of piperazine rings is 1. The van der Waals surface area contributed by atoms with Crippen LogP contribution < -0.4 is 11.1 Å². The lowest BCUT2D eigenvalue weighted by atomic mass is 10.1. The van der Waals surface area contributed by atoms with Gasteiger partial charge in [0.2, 0.25) is 0 Å². The number of benzene rings is 1. The SMILES string of the molecule is Nc1ccc(C(=O)N2CCNCC2)cc1C(F)(F)F.